The van der Waals surface area contributed by atoms with Crippen LogP contribution < -0.4 is 4.72 Å². The van der Waals surface area contributed by atoms with Crippen LogP contribution in [-0.2, 0) is 14.8 Å². The number of nitrogens with one attached hydrogen (secondary N) is 1. The van der Waals surface area contributed by atoms with Gasteiger partial charge < -0.3 is 9.63 Å². The van der Waals surface area contributed by atoms with Crippen LogP contribution in [0.2, 0.25) is 0 Å². The summed E-state index contributed by atoms with van der Waals surface area (Å²) in [4.78, 5) is 9.10. The first-order chi connectivity index (χ1) is 9.74. The molecule has 0 aliphatic rings. The molecule has 0 unspecified atom stereocenters. The Kier molecular flexibility index (Phi) is 5.48. The lowest BCUT2D eigenvalue weighted by molar-refractivity contribution is -0.134. The highest BCUT2D eigenvalue weighted by Crippen LogP contribution is 2.21. The second-order valence-electron chi connectivity index (χ2n) is 4.14. The number of hydrogen-bond donors (Lipinski definition) is 2. The fraction of sp³-hybridized carbons (Fsp3) is 0.231. The van der Waals surface area contributed by atoms with Gasteiger partial charge in [-0.3, -0.25) is 9.52 Å². The van der Waals surface area contributed by atoms with Gasteiger partial charge in [-0.25, -0.2) is 8.42 Å². The van der Waals surface area contributed by atoms with Crippen molar-refractivity contribution >= 4 is 21.7 Å². The van der Waals surface area contributed by atoms with Gasteiger partial charge in [-0.15, -0.1) is 0 Å². The number of carboxylic acids is 1. The second kappa shape index (κ2) is 6.89. The van der Waals surface area contributed by atoms with Crippen LogP contribution in [0.3, 0.4) is 0 Å². The smallest absolute Gasteiger partial charge is 0.300 e. The maximum atomic E-state index is 12.1. The highest BCUT2D eigenvalue weighted by atomic mass is 32.2. The number of nitrogens with zero attached hydrogens (tertiary/aromatic N) is 1. The minimum absolute atomic E-state index is 0.0985. The molecule has 1 aromatic heterocycles. The molecule has 1 aromatic carbocycles. The first-order valence-electron chi connectivity index (χ1n) is 5.94. The number of aryl methyl sites for hydroxylation is 2. The standard InChI is InChI=1S/C11H12N2O3S.C2H4O2/c1-8-11(9(2)16-12-8)17(14,15)13-10-6-4-3-5-7-10;1-2(3)4/h3-7,13H,1-2H3;1H3,(H,3,4). The van der Waals surface area contributed by atoms with E-state index >= 15 is 0 Å². The van der Waals surface area contributed by atoms with Crippen LogP contribution in [0, 0.1) is 13.8 Å². The molecule has 0 radical (unpaired) electrons. The van der Waals surface area contributed by atoms with Crippen LogP contribution >= 0.6 is 0 Å². The number of aromatic nitrogens is 1. The predicted molar refractivity (Wildman–Crippen MR) is 76.5 cm³/mol. The van der Waals surface area contributed by atoms with Gasteiger partial charge in [-0.2, -0.15) is 0 Å². The molecule has 2 rings (SSSR count). The van der Waals surface area contributed by atoms with Crippen LogP contribution in [0.4, 0.5) is 5.69 Å². The summed E-state index contributed by atoms with van der Waals surface area (Å²) in [5.41, 5.74) is 0.860. The monoisotopic (exact) mass is 312 g/mol. The molecule has 21 heavy (non-hydrogen) atoms. The van der Waals surface area contributed by atoms with E-state index < -0.39 is 16.0 Å². The summed E-state index contributed by atoms with van der Waals surface area (Å²) in [5.74, 6) is -0.550. The quantitative estimate of drug-likeness (QED) is 0.899. The predicted octanol–water partition coefficient (Wildman–Crippen LogP) is 2.18. The number of carbonyl (C=O) groups is 1. The van der Waals surface area contributed by atoms with Crippen molar-refractivity contribution in [3.8, 4) is 0 Å². The van der Waals surface area contributed by atoms with E-state index in [4.69, 9.17) is 14.4 Å². The molecule has 114 valence electrons. The third-order valence-corrected chi connectivity index (χ3v) is 3.89. The number of sulfonamides is 1. The number of benzene rings is 1. The number of hydrogen-bond acceptors (Lipinski definition) is 5. The minimum Gasteiger partial charge on any atom is -0.481 e. The largest absolute Gasteiger partial charge is 0.481 e. The van der Waals surface area contributed by atoms with Gasteiger partial charge in [0.25, 0.3) is 16.0 Å². The second-order valence-corrected chi connectivity index (χ2v) is 5.76. The molecule has 0 amide bonds. The van der Waals surface area contributed by atoms with E-state index in [1.54, 1.807) is 38.1 Å². The summed E-state index contributed by atoms with van der Waals surface area (Å²) >= 11 is 0. The zero-order valence-corrected chi connectivity index (χ0v) is 12.6. The van der Waals surface area contributed by atoms with Crippen molar-refractivity contribution < 1.29 is 22.8 Å². The first-order valence-corrected chi connectivity index (χ1v) is 7.42. The van der Waals surface area contributed by atoms with Crippen LogP contribution in [0.15, 0.2) is 39.8 Å². The summed E-state index contributed by atoms with van der Waals surface area (Å²) < 4.78 is 31.5. The van der Waals surface area contributed by atoms with Crippen molar-refractivity contribution in [1.82, 2.24) is 5.16 Å². The maximum absolute atomic E-state index is 12.1. The molecule has 7 nitrogen and oxygen atoms in total. The Labute approximate surface area is 122 Å². The Morgan fingerprint density at radius 1 is 1.24 bits per heavy atom. The number of para-hydroxylation sites is 1. The Morgan fingerprint density at radius 3 is 2.19 bits per heavy atom. The van der Waals surface area contributed by atoms with Crippen LogP contribution in [0.1, 0.15) is 18.4 Å². The zero-order valence-electron chi connectivity index (χ0n) is 11.8. The number of rotatable bonds is 3. The SMILES string of the molecule is CC(=O)O.Cc1noc(C)c1S(=O)(=O)Nc1ccccc1. The third-order valence-electron chi connectivity index (χ3n) is 2.26. The molecule has 0 fully saturated rings. The van der Waals surface area contributed by atoms with E-state index in [1.165, 1.54) is 0 Å². The van der Waals surface area contributed by atoms with Gasteiger partial charge in [-0.05, 0) is 26.0 Å². The van der Waals surface area contributed by atoms with Gasteiger partial charge in [0.1, 0.15) is 5.69 Å². The Morgan fingerprint density at radius 2 is 1.76 bits per heavy atom. The summed E-state index contributed by atoms with van der Waals surface area (Å²) in [6.45, 7) is 4.25. The molecule has 2 aromatic rings. The van der Waals surface area contributed by atoms with Crippen molar-refractivity contribution in [1.29, 1.82) is 0 Å². The van der Waals surface area contributed by atoms with Crippen molar-refractivity contribution in [3.63, 3.8) is 0 Å². The highest BCUT2D eigenvalue weighted by Gasteiger charge is 2.23. The average Bonchev–Trinajstić information content (AvgIpc) is 2.69. The topological polar surface area (TPSA) is 110 Å². The van der Waals surface area contributed by atoms with Gasteiger partial charge in [0.2, 0.25) is 0 Å². The zero-order chi connectivity index (χ0) is 16.0. The molecular formula is C13H16N2O5S. The molecule has 0 spiro atoms. The summed E-state index contributed by atoms with van der Waals surface area (Å²) in [7, 11) is -3.64. The summed E-state index contributed by atoms with van der Waals surface area (Å²) in [6.07, 6.45) is 0. The molecule has 0 atom stereocenters. The van der Waals surface area contributed by atoms with E-state index in [0.717, 1.165) is 6.92 Å². The fourth-order valence-electron chi connectivity index (χ4n) is 1.57. The number of anilines is 1. The van der Waals surface area contributed by atoms with Crippen LogP contribution in [0.5, 0.6) is 0 Å². The van der Waals surface area contributed by atoms with Crippen molar-refractivity contribution in [2.45, 2.75) is 25.7 Å². The first kappa shape index (κ1) is 16.7. The Balaban J connectivity index is 0.000000491. The summed E-state index contributed by atoms with van der Waals surface area (Å²) in [5, 5.41) is 11.0. The van der Waals surface area contributed by atoms with Crippen molar-refractivity contribution in [2.24, 2.45) is 0 Å². The van der Waals surface area contributed by atoms with E-state index in [2.05, 4.69) is 9.88 Å². The Bertz CT molecular complexity index is 684. The van der Waals surface area contributed by atoms with Gasteiger partial charge >= 0.3 is 0 Å². The molecule has 2 N–H and O–H groups in total. The Hall–Kier alpha value is -2.35. The van der Waals surface area contributed by atoms with Crippen LogP contribution in [-0.4, -0.2) is 24.7 Å². The molecule has 0 saturated carbocycles. The van der Waals surface area contributed by atoms with Crippen molar-refractivity contribution in [3.05, 3.63) is 41.8 Å². The molecule has 0 aliphatic carbocycles. The van der Waals surface area contributed by atoms with Gasteiger partial charge in [0.15, 0.2) is 10.7 Å². The number of carboxylic acid groups (broad SMARTS) is 1. The van der Waals surface area contributed by atoms with Crippen molar-refractivity contribution in [2.75, 3.05) is 4.72 Å². The van der Waals surface area contributed by atoms with E-state index in [0.29, 0.717) is 11.4 Å². The van der Waals surface area contributed by atoms with Gasteiger partial charge in [0, 0.05) is 12.6 Å². The lowest BCUT2D eigenvalue weighted by Crippen LogP contribution is -2.14. The maximum Gasteiger partial charge on any atom is 0.300 e. The lowest BCUT2D eigenvalue weighted by atomic mass is 10.3. The highest BCUT2D eigenvalue weighted by molar-refractivity contribution is 7.92. The average molecular weight is 312 g/mol. The molecule has 0 saturated heterocycles. The van der Waals surface area contributed by atoms with E-state index in [-0.39, 0.29) is 10.7 Å². The van der Waals surface area contributed by atoms with E-state index in [1.807, 2.05) is 6.07 Å². The molecular weight excluding hydrogens is 296 g/mol. The van der Waals surface area contributed by atoms with Crippen LogP contribution in [0.25, 0.3) is 0 Å². The fourth-order valence-corrected chi connectivity index (χ4v) is 2.96. The third kappa shape index (κ3) is 4.92. The number of aliphatic carboxylic acids is 1. The molecule has 0 aliphatic heterocycles. The molecule has 8 heteroatoms. The van der Waals surface area contributed by atoms with Gasteiger partial charge in [-0.1, -0.05) is 23.4 Å². The minimum atomic E-state index is -3.64. The molecule has 0 bridgehead atoms. The van der Waals surface area contributed by atoms with Gasteiger partial charge in [0.05, 0.1) is 0 Å². The normalized spacial score (nSPS) is 10.4. The lowest BCUT2D eigenvalue weighted by Gasteiger charge is -2.06. The summed E-state index contributed by atoms with van der Waals surface area (Å²) in [6, 6.07) is 8.68. The molecule has 1 heterocycles. The van der Waals surface area contributed by atoms with E-state index in [9.17, 15) is 8.42 Å².